The molecule has 380 valence electrons. The van der Waals surface area contributed by atoms with Crippen LogP contribution in [0.1, 0.15) is 239 Å². The van der Waals surface area contributed by atoms with Crippen LogP contribution in [-0.4, -0.2) is 36.4 Å². The summed E-state index contributed by atoms with van der Waals surface area (Å²) in [6.45, 7) is 4.00. The number of hydrogen-bond acceptors (Lipinski definition) is 5. The number of allylic oxidation sites excluding steroid dienone is 20. The van der Waals surface area contributed by atoms with Gasteiger partial charge in [0.05, 0.1) is 6.61 Å². The summed E-state index contributed by atoms with van der Waals surface area (Å²) in [4.78, 5) is 24.4. The number of hydrogen-bond donors (Lipinski definition) is 1. The zero-order chi connectivity index (χ0) is 48.5. The normalized spacial score (nSPS) is 13.2. The molecule has 0 aromatic carbocycles. The number of rotatable bonds is 49. The van der Waals surface area contributed by atoms with Crippen molar-refractivity contribution >= 4 is 11.9 Å². The van der Waals surface area contributed by atoms with Gasteiger partial charge in [0.25, 0.3) is 0 Å². The average molecular weight is 927 g/mol. The van der Waals surface area contributed by atoms with Gasteiger partial charge in [-0.25, -0.2) is 0 Å². The number of unbranched alkanes of at least 4 members (excludes halogenated alkanes) is 21. The monoisotopic (exact) mass is 927 g/mol. The van der Waals surface area contributed by atoms with E-state index in [4.69, 9.17) is 9.47 Å². The van der Waals surface area contributed by atoms with Crippen LogP contribution in [0.4, 0.5) is 0 Å². The average Bonchev–Trinajstić information content (AvgIpc) is 3.33. The Balaban J connectivity index is 3.57. The quantitative estimate of drug-likeness (QED) is 0.0374. The summed E-state index contributed by atoms with van der Waals surface area (Å²) in [5, 5.41) is 9.62. The van der Waals surface area contributed by atoms with Gasteiger partial charge in [-0.2, -0.15) is 0 Å². The topological polar surface area (TPSA) is 72.8 Å². The van der Waals surface area contributed by atoms with Crippen molar-refractivity contribution in [1.29, 1.82) is 0 Å². The standard InChI is InChI=1S/C62H102O5/c1-3-5-7-9-11-13-15-17-19-20-21-22-23-24-25-26-27-28-29-30-31-32-33-34-35-36-37-38-39-40-41-42-43-45-47-49-51-53-55-57-62(65)67-60(58-63)59-66-61(64)56-54-52-50-48-46-44-18-16-14-12-10-8-6-4-2/h5,7,11,13,16-19,21-22,24-25,27-28,30-31,33-34,36-37,60,63H,3-4,6,8-10,12,14-15,20,23,26,29,32,35,38-59H2,1-2H3/b7-5-,13-11-,18-16-,19-17-,22-21-,25-24-,28-27-,31-30-,34-33-,37-36-. The fraction of sp³-hybridized carbons (Fsp3) is 0.645. The molecule has 0 aliphatic carbocycles. The first-order valence-electron chi connectivity index (χ1n) is 27.6. The van der Waals surface area contributed by atoms with Crippen LogP contribution in [0, 0.1) is 0 Å². The molecule has 0 aliphatic heterocycles. The van der Waals surface area contributed by atoms with E-state index in [1.807, 2.05) is 0 Å². The molecule has 0 fully saturated rings. The molecule has 0 aliphatic rings. The zero-order valence-corrected chi connectivity index (χ0v) is 43.4. The smallest absolute Gasteiger partial charge is 0.306 e. The summed E-state index contributed by atoms with van der Waals surface area (Å²) in [5.41, 5.74) is 0. The van der Waals surface area contributed by atoms with Crippen molar-refractivity contribution < 1.29 is 24.2 Å². The molecule has 0 aromatic rings. The van der Waals surface area contributed by atoms with Gasteiger partial charge in [0.2, 0.25) is 0 Å². The molecule has 0 aromatic heterocycles. The van der Waals surface area contributed by atoms with Crippen LogP contribution in [0.5, 0.6) is 0 Å². The molecule has 0 heterocycles. The van der Waals surface area contributed by atoms with Gasteiger partial charge >= 0.3 is 11.9 Å². The lowest BCUT2D eigenvalue weighted by atomic mass is 10.0. The van der Waals surface area contributed by atoms with Crippen molar-refractivity contribution in [3.63, 3.8) is 0 Å². The Morgan fingerprint density at radius 1 is 0.358 bits per heavy atom. The fourth-order valence-electron chi connectivity index (χ4n) is 7.37. The number of esters is 2. The molecular weight excluding hydrogens is 825 g/mol. The highest BCUT2D eigenvalue weighted by Crippen LogP contribution is 2.14. The summed E-state index contributed by atoms with van der Waals surface area (Å²) in [6, 6.07) is 0. The molecule has 0 bridgehead atoms. The Labute approximate surface area is 413 Å². The molecule has 1 unspecified atom stereocenters. The Morgan fingerprint density at radius 2 is 0.642 bits per heavy atom. The van der Waals surface area contributed by atoms with Gasteiger partial charge in [0.1, 0.15) is 6.61 Å². The lowest BCUT2D eigenvalue weighted by molar-refractivity contribution is -0.161. The molecule has 0 rings (SSSR count). The van der Waals surface area contributed by atoms with E-state index >= 15 is 0 Å². The Morgan fingerprint density at radius 3 is 0.985 bits per heavy atom. The number of ether oxygens (including phenoxy) is 2. The van der Waals surface area contributed by atoms with E-state index in [0.29, 0.717) is 12.8 Å². The van der Waals surface area contributed by atoms with E-state index in [1.54, 1.807) is 0 Å². The second-order valence-corrected chi connectivity index (χ2v) is 17.9. The summed E-state index contributed by atoms with van der Waals surface area (Å²) < 4.78 is 10.7. The summed E-state index contributed by atoms with van der Waals surface area (Å²) in [5.74, 6) is -0.607. The van der Waals surface area contributed by atoms with Crippen LogP contribution in [0.15, 0.2) is 122 Å². The van der Waals surface area contributed by atoms with Crippen LogP contribution in [0.25, 0.3) is 0 Å². The Kier molecular flexibility index (Phi) is 53.5. The second kappa shape index (κ2) is 56.6. The van der Waals surface area contributed by atoms with E-state index in [9.17, 15) is 14.7 Å². The van der Waals surface area contributed by atoms with Gasteiger partial charge in [-0.05, 0) is 109 Å². The molecule has 0 radical (unpaired) electrons. The summed E-state index contributed by atoms with van der Waals surface area (Å²) in [7, 11) is 0. The third-order valence-corrected chi connectivity index (χ3v) is 11.5. The third-order valence-electron chi connectivity index (χ3n) is 11.5. The van der Waals surface area contributed by atoms with E-state index in [-0.39, 0.29) is 25.2 Å². The van der Waals surface area contributed by atoms with Gasteiger partial charge in [-0.3, -0.25) is 9.59 Å². The highest BCUT2D eigenvalue weighted by Gasteiger charge is 2.16. The molecular formula is C62H102O5. The highest BCUT2D eigenvalue weighted by atomic mass is 16.6. The molecule has 1 atom stereocenters. The lowest BCUT2D eigenvalue weighted by Gasteiger charge is -2.15. The minimum absolute atomic E-state index is 0.0757. The predicted octanol–water partition coefficient (Wildman–Crippen LogP) is 18.7. The number of aliphatic hydroxyl groups is 1. The highest BCUT2D eigenvalue weighted by molar-refractivity contribution is 5.70. The van der Waals surface area contributed by atoms with Gasteiger partial charge in [0, 0.05) is 12.8 Å². The lowest BCUT2D eigenvalue weighted by Crippen LogP contribution is -2.28. The van der Waals surface area contributed by atoms with Crippen molar-refractivity contribution in [2.24, 2.45) is 0 Å². The van der Waals surface area contributed by atoms with E-state index in [2.05, 4.69) is 135 Å². The number of aliphatic hydroxyl groups excluding tert-OH is 1. The minimum atomic E-state index is -0.783. The maximum Gasteiger partial charge on any atom is 0.306 e. The Bertz CT molecular complexity index is 1370. The maximum absolute atomic E-state index is 12.3. The van der Waals surface area contributed by atoms with Crippen LogP contribution in [-0.2, 0) is 19.1 Å². The fourth-order valence-corrected chi connectivity index (χ4v) is 7.37. The molecule has 67 heavy (non-hydrogen) atoms. The summed E-state index contributed by atoms with van der Waals surface area (Å²) in [6.07, 6.45) is 83.1. The summed E-state index contributed by atoms with van der Waals surface area (Å²) >= 11 is 0. The Hall–Kier alpha value is -3.70. The van der Waals surface area contributed by atoms with Crippen molar-refractivity contribution in [3.8, 4) is 0 Å². The first-order chi connectivity index (χ1) is 33.1. The molecule has 0 amide bonds. The van der Waals surface area contributed by atoms with Gasteiger partial charge < -0.3 is 14.6 Å². The van der Waals surface area contributed by atoms with E-state index in [0.717, 1.165) is 103 Å². The van der Waals surface area contributed by atoms with Crippen LogP contribution >= 0.6 is 0 Å². The first-order valence-corrected chi connectivity index (χ1v) is 27.6. The van der Waals surface area contributed by atoms with Gasteiger partial charge in [-0.15, -0.1) is 0 Å². The van der Waals surface area contributed by atoms with Crippen molar-refractivity contribution in [2.45, 2.75) is 245 Å². The van der Waals surface area contributed by atoms with Crippen molar-refractivity contribution in [3.05, 3.63) is 122 Å². The van der Waals surface area contributed by atoms with E-state index in [1.165, 1.54) is 109 Å². The maximum atomic E-state index is 12.3. The second-order valence-electron chi connectivity index (χ2n) is 17.9. The molecule has 1 N–H and O–H groups in total. The largest absolute Gasteiger partial charge is 0.462 e. The van der Waals surface area contributed by atoms with E-state index < -0.39 is 6.10 Å². The molecule has 0 saturated carbocycles. The third kappa shape index (κ3) is 54.8. The van der Waals surface area contributed by atoms with Crippen LogP contribution < -0.4 is 0 Å². The molecule has 5 nitrogen and oxygen atoms in total. The molecule has 0 spiro atoms. The number of carbonyl (C=O) groups excluding carboxylic acids is 2. The van der Waals surface area contributed by atoms with Gasteiger partial charge in [0.15, 0.2) is 6.10 Å². The zero-order valence-electron chi connectivity index (χ0n) is 43.4. The van der Waals surface area contributed by atoms with Crippen molar-refractivity contribution in [2.75, 3.05) is 13.2 Å². The van der Waals surface area contributed by atoms with Crippen molar-refractivity contribution in [1.82, 2.24) is 0 Å². The SMILES string of the molecule is CC/C=C\C/C=C\C/C=C\C/C=C\C/C=C\C/C=C\C/C=C\C/C=C\C/C=C\CCCCCCCCCCCCCC(=O)OC(CO)COC(=O)CCCCCCC/C=C\CCCCCCC. The number of carbonyl (C=O) groups is 2. The minimum Gasteiger partial charge on any atom is -0.462 e. The molecule has 0 saturated heterocycles. The molecule has 5 heteroatoms. The van der Waals surface area contributed by atoms with Gasteiger partial charge in [-0.1, -0.05) is 238 Å². The first kappa shape index (κ1) is 63.3. The van der Waals surface area contributed by atoms with Crippen LogP contribution in [0.3, 0.4) is 0 Å². The predicted molar refractivity (Wildman–Crippen MR) is 292 cm³/mol. The van der Waals surface area contributed by atoms with Crippen LogP contribution in [0.2, 0.25) is 0 Å².